The number of ether oxygens (including phenoxy) is 1. The fourth-order valence-corrected chi connectivity index (χ4v) is 3.16. The molecule has 1 unspecified atom stereocenters. The third-order valence-electron chi connectivity index (χ3n) is 4.40. The number of nitrogens with zero attached hydrogens (tertiary/aromatic N) is 3. The van der Waals surface area contributed by atoms with Crippen molar-refractivity contribution < 1.29 is 14.2 Å². The first-order chi connectivity index (χ1) is 10.6. The van der Waals surface area contributed by atoms with Gasteiger partial charge in [-0.05, 0) is 18.2 Å². The molecule has 0 aliphatic carbocycles. The Morgan fingerprint density at radius 2 is 1.91 bits per heavy atom. The first-order valence-corrected chi connectivity index (χ1v) is 7.87. The zero-order chi connectivity index (χ0) is 15.5. The summed E-state index contributed by atoms with van der Waals surface area (Å²) in [5.74, 6) is -0.221. The molecule has 5 nitrogen and oxygen atoms in total. The van der Waals surface area contributed by atoms with E-state index < -0.39 is 6.10 Å². The van der Waals surface area contributed by atoms with Crippen LogP contribution in [0.15, 0.2) is 18.2 Å². The van der Waals surface area contributed by atoms with Gasteiger partial charge in [0.15, 0.2) is 0 Å². The molecule has 1 saturated heterocycles. The van der Waals surface area contributed by atoms with Crippen LogP contribution in [0, 0.1) is 5.82 Å². The molecule has 1 atom stereocenters. The van der Waals surface area contributed by atoms with Gasteiger partial charge < -0.3 is 19.6 Å². The van der Waals surface area contributed by atoms with Crippen molar-refractivity contribution in [3.05, 3.63) is 24.0 Å². The van der Waals surface area contributed by atoms with Gasteiger partial charge in [-0.15, -0.1) is 0 Å². The Kier molecular flexibility index (Phi) is 4.81. The fourth-order valence-electron chi connectivity index (χ4n) is 3.16. The highest BCUT2D eigenvalue weighted by molar-refractivity contribution is 5.73. The van der Waals surface area contributed by atoms with Gasteiger partial charge in [-0.3, -0.25) is 4.90 Å². The fraction of sp³-hybridized carbons (Fsp3) is 0.625. The third-order valence-corrected chi connectivity index (χ3v) is 4.40. The molecular weight excluding hydrogens is 285 g/mol. The topological polar surface area (TPSA) is 39.2 Å². The largest absolute Gasteiger partial charge is 0.390 e. The summed E-state index contributed by atoms with van der Waals surface area (Å²) in [5.41, 5.74) is 1.89. The monoisotopic (exact) mass is 309 g/mol. The lowest BCUT2D eigenvalue weighted by molar-refractivity contribution is 0.0161. The Hall–Kier alpha value is -1.37. The molecule has 1 N–H and O–H groups in total. The van der Waals surface area contributed by atoms with Crippen molar-refractivity contribution in [1.29, 1.82) is 0 Å². The number of hydrogen-bond donors (Lipinski definition) is 1. The van der Waals surface area contributed by atoms with Gasteiger partial charge in [0.2, 0.25) is 0 Å². The summed E-state index contributed by atoms with van der Waals surface area (Å²) in [6.07, 6.45) is -0.417. The second-order valence-corrected chi connectivity index (χ2v) is 6.07. The molecule has 122 valence electrons. The zero-order valence-corrected chi connectivity index (χ0v) is 13.0. The lowest BCUT2D eigenvalue weighted by Gasteiger charge is -2.38. The minimum absolute atomic E-state index is 0.221. The molecule has 1 aromatic rings. The molecule has 1 fully saturated rings. The van der Waals surface area contributed by atoms with E-state index >= 15 is 0 Å². The van der Waals surface area contributed by atoms with Crippen molar-refractivity contribution in [3.8, 4) is 0 Å². The maximum Gasteiger partial charge on any atom is 0.125 e. The summed E-state index contributed by atoms with van der Waals surface area (Å²) in [5, 5.41) is 10.4. The van der Waals surface area contributed by atoms with Crippen LogP contribution in [0.5, 0.6) is 0 Å². The Balaban J connectivity index is 1.64. The minimum atomic E-state index is -0.417. The van der Waals surface area contributed by atoms with Crippen LogP contribution in [0.4, 0.5) is 15.8 Å². The summed E-state index contributed by atoms with van der Waals surface area (Å²) in [7, 11) is 1.97. The number of aliphatic hydroxyl groups excluding tert-OH is 1. The average Bonchev–Trinajstić information content (AvgIpc) is 2.51. The number of rotatable bonds is 4. The summed E-state index contributed by atoms with van der Waals surface area (Å²) in [4.78, 5) is 6.44. The molecule has 1 aromatic carbocycles. The van der Waals surface area contributed by atoms with Crippen LogP contribution in [-0.4, -0.2) is 75.6 Å². The van der Waals surface area contributed by atoms with Crippen LogP contribution >= 0.6 is 0 Å². The lowest BCUT2D eigenvalue weighted by atomic mass is 10.1. The first-order valence-electron chi connectivity index (χ1n) is 7.87. The van der Waals surface area contributed by atoms with Crippen LogP contribution in [-0.2, 0) is 4.74 Å². The summed E-state index contributed by atoms with van der Waals surface area (Å²) in [6.45, 7) is 6.14. The lowest BCUT2D eigenvalue weighted by Crippen LogP contribution is -2.47. The van der Waals surface area contributed by atoms with E-state index in [-0.39, 0.29) is 5.82 Å². The van der Waals surface area contributed by atoms with E-state index in [1.54, 1.807) is 6.07 Å². The van der Waals surface area contributed by atoms with Crippen LogP contribution in [0.1, 0.15) is 0 Å². The quantitative estimate of drug-likeness (QED) is 0.890. The SMILES string of the molecule is CN1CCN(CC(O)CN2CCOCC2)c2ccc(F)cc21. The molecule has 0 amide bonds. The summed E-state index contributed by atoms with van der Waals surface area (Å²) >= 11 is 0. The Bertz CT molecular complexity index is 508. The van der Waals surface area contributed by atoms with Crippen molar-refractivity contribution in [3.63, 3.8) is 0 Å². The average molecular weight is 309 g/mol. The van der Waals surface area contributed by atoms with Gasteiger partial charge in [-0.1, -0.05) is 0 Å². The Morgan fingerprint density at radius 1 is 1.14 bits per heavy atom. The zero-order valence-electron chi connectivity index (χ0n) is 13.0. The molecular formula is C16H24FN3O2. The van der Waals surface area contributed by atoms with Crippen LogP contribution in [0.3, 0.4) is 0 Å². The van der Waals surface area contributed by atoms with E-state index in [0.717, 1.165) is 50.8 Å². The van der Waals surface area contributed by atoms with Gasteiger partial charge in [0.05, 0.1) is 30.7 Å². The molecule has 2 aliphatic heterocycles. The van der Waals surface area contributed by atoms with Gasteiger partial charge >= 0.3 is 0 Å². The van der Waals surface area contributed by atoms with Crippen molar-refractivity contribution in [2.45, 2.75) is 6.10 Å². The molecule has 0 radical (unpaired) electrons. The van der Waals surface area contributed by atoms with E-state index in [1.165, 1.54) is 6.07 Å². The number of morpholine rings is 1. The van der Waals surface area contributed by atoms with Crippen molar-refractivity contribution in [1.82, 2.24) is 4.90 Å². The smallest absolute Gasteiger partial charge is 0.125 e. The highest BCUT2D eigenvalue weighted by Gasteiger charge is 2.24. The highest BCUT2D eigenvalue weighted by Crippen LogP contribution is 2.32. The third kappa shape index (κ3) is 3.51. The van der Waals surface area contributed by atoms with E-state index in [1.807, 2.05) is 13.1 Å². The molecule has 22 heavy (non-hydrogen) atoms. The number of halogens is 1. The highest BCUT2D eigenvalue weighted by atomic mass is 19.1. The number of hydrogen-bond acceptors (Lipinski definition) is 5. The second-order valence-electron chi connectivity index (χ2n) is 6.07. The maximum absolute atomic E-state index is 13.5. The second kappa shape index (κ2) is 6.81. The molecule has 2 aliphatic rings. The van der Waals surface area contributed by atoms with E-state index in [0.29, 0.717) is 13.1 Å². The van der Waals surface area contributed by atoms with Gasteiger partial charge in [0.1, 0.15) is 5.82 Å². The first kappa shape index (κ1) is 15.5. The van der Waals surface area contributed by atoms with Gasteiger partial charge in [0.25, 0.3) is 0 Å². The minimum Gasteiger partial charge on any atom is -0.390 e. The standard InChI is InChI=1S/C16H24FN3O2/c1-18-4-5-20(15-3-2-13(17)10-16(15)18)12-14(21)11-19-6-8-22-9-7-19/h2-3,10,14,21H,4-9,11-12H2,1H3. The maximum atomic E-state index is 13.5. The van der Waals surface area contributed by atoms with Gasteiger partial charge in [0, 0.05) is 46.3 Å². The summed E-state index contributed by atoms with van der Waals surface area (Å²) in [6, 6.07) is 4.86. The van der Waals surface area contributed by atoms with Crippen molar-refractivity contribution in [2.75, 3.05) is 69.3 Å². The van der Waals surface area contributed by atoms with Crippen LogP contribution < -0.4 is 9.80 Å². The number of fused-ring (bicyclic) bond motifs is 1. The summed E-state index contributed by atoms with van der Waals surface area (Å²) < 4.78 is 18.8. The molecule has 0 aromatic heterocycles. The Labute approximate surface area is 130 Å². The van der Waals surface area contributed by atoms with Gasteiger partial charge in [-0.2, -0.15) is 0 Å². The van der Waals surface area contributed by atoms with E-state index in [4.69, 9.17) is 4.74 Å². The van der Waals surface area contributed by atoms with Crippen LogP contribution in [0.25, 0.3) is 0 Å². The number of β-amino-alcohol motifs (C(OH)–C–C–N with tert-alkyl or cyclic N) is 1. The van der Waals surface area contributed by atoms with E-state index in [2.05, 4.69) is 14.7 Å². The van der Waals surface area contributed by atoms with E-state index in [9.17, 15) is 9.50 Å². The molecule has 3 rings (SSSR count). The molecule has 0 saturated carbocycles. The molecule has 2 heterocycles. The molecule has 0 spiro atoms. The number of likely N-dealkylation sites (N-methyl/N-ethyl adjacent to an activating group) is 1. The predicted molar refractivity (Wildman–Crippen MR) is 85.1 cm³/mol. The molecule has 0 bridgehead atoms. The Morgan fingerprint density at radius 3 is 2.68 bits per heavy atom. The van der Waals surface area contributed by atoms with Gasteiger partial charge in [-0.25, -0.2) is 4.39 Å². The number of anilines is 2. The van der Waals surface area contributed by atoms with Crippen molar-refractivity contribution >= 4 is 11.4 Å². The number of benzene rings is 1. The van der Waals surface area contributed by atoms with Crippen molar-refractivity contribution in [2.24, 2.45) is 0 Å². The van der Waals surface area contributed by atoms with Crippen LogP contribution in [0.2, 0.25) is 0 Å². The molecule has 6 heteroatoms. The normalized spacial score (nSPS) is 20.9. The number of aliphatic hydroxyl groups is 1. The predicted octanol–water partition coefficient (Wildman–Crippen LogP) is 0.775.